The third-order valence-electron chi connectivity index (χ3n) is 4.43. The van der Waals surface area contributed by atoms with E-state index in [2.05, 4.69) is 5.10 Å². The number of carbonyl (C=O) groups is 2. The monoisotopic (exact) mass is 510 g/mol. The summed E-state index contributed by atoms with van der Waals surface area (Å²) in [5, 5.41) is 12.7. The highest BCUT2D eigenvalue weighted by molar-refractivity contribution is 6.06. The molecule has 7 nitrogen and oxygen atoms in total. The molecule has 0 saturated heterocycles. The van der Waals surface area contributed by atoms with Crippen LogP contribution < -0.4 is 10.2 Å². The first-order valence-electron chi connectivity index (χ1n) is 8.63. The lowest BCUT2D eigenvalue weighted by Gasteiger charge is -2.22. The second kappa shape index (κ2) is 8.68. The summed E-state index contributed by atoms with van der Waals surface area (Å²) in [6.07, 6.45) is -14.1. The largest absolute Gasteiger partial charge is 0.465 e. The molecule has 0 saturated carbocycles. The lowest BCUT2D eigenvalue weighted by molar-refractivity contribution is -0.292. The highest BCUT2D eigenvalue weighted by Gasteiger charge is 2.64. The fourth-order valence-electron chi connectivity index (χ4n) is 2.83. The third kappa shape index (κ3) is 4.72. The second-order valence-electron chi connectivity index (χ2n) is 6.65. The van der Waals surface area contributed by atoms with Gasteiger partial charge in [-0.3, -0.25) is 9.48 Å². The Morgan fingerprint density at radius 3 is 2.12 bits per heavy atom. The average Bonchev–Trinajstić information content (AvgIpc) is 3.04. The molecule has 0 atom stereocenters. The Labute approximate surface area is 182 Å². The second-order valence-corrected chi connectivity index (χ2v) is 6.65. The van der Waals surface area contributed by atoms with Gasteiger partial charge in [0.05, 0.1) is 12.2 Å². The Morgan fingerprint density at radius 2 is 1.65 bits per heavy atom. The Kier molecular flexibility index (Phi) is 6.82. The zero-order chi connectivity index (χ0) is 26.4. The molecule has 17 heteroatoms. The molecule has 1 aromatic heterocycles. The Morgan fingerprint density at radius 1 is 1.09 bits per heavy atom. The minimum absolute atomic E-state index is 0.0841. The van der Waals surface area contributed by atoms with Gasteiger partial charge in [0.15, 0.2) is 11.5 Å². The van der Waals surface area contributed by atoms with Gasteiger partial charge in [-0.1, -0.05) is 0 Å². The highest BCUT2D eigenvalue weighted by Crippen LogP contribution is 2.48. The molecule has 0 spiro atoms. The highest BCUT2D eigenvalue weighted by atomic mass is 19.4. The number of rotatable bonds is 5. The number of halogens is 10. The first-order valence-corrected chi connectivity index (χ1v) is 8.63. The number of nitrogens with zero attached hydrogens (tertiary/aromatic N) is 3. The minimum Gasteiger partial charge on any atom is -0.465 e. The lowest BCUT2D eigenvalue weighted by Crippen LogP contribution is -2.36. The van der Waals surface area contributed by atoms with Crippen molar-refractivity contribution in [3.8, 4) is 0 Å². The smallest absolute Gasteiger partial charge is 0.459 e. The summed E-state index contributed by atoms with van der Waals surface area (Å²) in [5.74, 6) is -10.9. The molecule has 0 bridgehead atoms. The molecule has 2 rings (SSSR count). The molecule has 2 aromatic rings. The summed E-state index contributed by atoms with van der Waals surface area (Å²) in [6, 6.07) is 1.08. The number of hydrogen-bond donors (Lipinski definition) is 2. The van der Waals surface area contributed by atoms with Gasteiger partial charge >= 0.3 is 24.4 Å². The predicted octanol–water partition coefficient (Wildman–Crippen LogP) is 4.42. The van der Waals surface area contributed by atoms with Crippen molar-refractivity contribution in [3.05, 3.63) is 46.3 Å². The Bertz CT molecular complexity index is 1120. The molecule has 2 amide bonds. The lowest BCUT2D eigenvalue weighted by atomic mass is 10.1. The molecule has 1 heterocycles. The third-order valence-corrected chi connectivity index (χ3v) is 4.43. The molecule has 0 aliphatic rings. The summed E-state index contributed by atoms with van der Waals surface area (Å²) in [5.41, 5.74) is -9.18. The molecule has 1 aromatic carbocycles. The Balaban J connectivity index is 2.67. The van der Waals surface area contributed by atoms with Gasteiger partial charge in [0.1, 0.15) is 17.1 Å². The topological polar surface area (TPSA) is 87.5 Å². The fraction of sp³-hybridized carbons (Fsp3) is 0.353. The van der Waals surface area contributed by atoms with E-state index in [4.69, 9.17) is 5.11 Å². The number of aryl methyl sites for hydroxylation is 1. The fourth-order valence-corrected chi connectivity index (χ4v) is 2.83. The maximum absolute atomic E-state index is 14.7. The van der Waals surface area contributed by atoms with Gasteiger partial charge in [-0.05, 0) is 12.1 Å². The molecular weight excluding hydrogens is 498 g/mol. The SMILES string of the molecule is CN(C(=O)c1c(C(F)(F)F)c(C(F)(F)C(F)(F)F)nn1C)c1ccc(F)c(CNC(=O)O)c1F. The quantitative estimate of drug-likeness (QED) is 0.584. The van der Waals surface area contributed by atoms with Gasteiger partial charge < -0.3 is 15.3 Å². The van der Waals surface area contributed by atoms with E-state index in [-0.39, 0.29) is 9.58 Å². The number of carbonyl (C=O) groups excluding carboxylic acids is 1. The van der Waals surface area contributed by atoms with E-state index in [1.165, 1.54) is 0 Å². The van der Waals surface area contributed by atoms with Crippen LogP contribution >= 0.6 is 0 Å². The number of anilines is 1. The van der Waals surface area contributed by atoms with Crippen LogP contribution in [0.25, 0.3) is 0 Å². The average molecular weight is 510 g/mol. The summed E-state index contributed by atoms with van der Waals surface area (Å²) in [6.45, 7) is -0.968. The molecule has 2 N–H and O–H groups in total. The van der Waals surface area contributed by atoms with Crippen molar-refractivity contribution in [1.82, 2.24) is 15.1 Å². The number of amides is 2. The van der Waals surface area contributed by atoms with Gasteiger partial charge in [-0.2, -0.15) is 40.2 Å². The Hall–Kier alpha value is -3.53. The zero-order valence-electron chi connectivity index (χ0n) is 16.7. The van der Waals surface area contributed by atoms with Gasteiger partial charge in [-0.25, -0.2) is 13.6 Å². The zero-order valence-corrected chi connectivity index (χ0v) is 16.7. The normalized spacial score (nSPS) is 12.6. The van der Waals surface area contributed by atoms with Gasteiger partial charge in [0.2, 0.25) is 0 Å². The molecule has 34 heavy (non-hydrogen) atoms. The number of benzene rings is 1. The van der Waals surface area contributed by atoms with E-state index < -0.39 is 76.7 Å². The number of nitrogens with one attached hydrogen (secondary N) is 1. The summed E-state index contributed by atoms with van der Waals surface area (Å²) < 4.78 is 135. The van der Waals surface area contributed by atoms with E-state index in [1.54, 1.807) is 5.32 Å². The summed E-state index contributed by atoms with van der Waals surface area (Å²) >= 11 is 0. The van der Waals surface area contributed by atoms with E-state index in [1.807, 2.05) is 0 Å². The number of hydrogen-bond acceptors (Lipinski definition) is 3. The molecule has 0 fully saturated rings. The molecule has 0 unspecified atom stereocenters. The van der Waals surface area contributed by atoms with E-state index in [0.29, 0.717) is 26.2 Å². The van der Waals surface area contributed by atoms with Crippen LogP contribution in [0.4, 0.5) is 54.4 Å². The van der Waals surface area contributed by atoms with Crippen LogP contribution in [0, 0.1) is 11.6 Å². The van der Waals surface area contributed by atoms with Crippen LogP contribution in [0.5, 0.6) is 0 Å². The first-order chi connectivity index (χ1) is 15.3. The van der Waals surface area contributed by atoms with Crippen LogP contribution in [0.2, 0.25) is 0 Å². The number of carboxylic acid groups (broad SMARTS) is 1. The summed E-state index contributed by atoms with van der Waals surface area (Å²) in [7, 11) is 1.11. The van der Waals surface area contributed by atoms with Gasteiger partial charge in [0.25, 0.3) is 5.91 Å². The molecule has 0 radical (unpaired) electrons. The molecule has 0 aliphatic heterocycles. The maximum Gasteiger partial charge on any atom is 0.459 e. The number of alkyl halides is 8. The number of aromatic nitrogens is 2. The van der Waals surface area contributed by atoms with Crippen LogP contribution in [-0.2, 0) is 25.7 Å². The van der Waals surface area contributed by atoms with Crippen molar-refractivity contribution in [2.45, 2.75) is 24.8 Å². The van der Waals surface area contributed by atoms with Crippen LogP contribution in [0.1, 0.15) is 27.3 Å². The van der Waals surface area contributed by atoms with Gasteiger partial charge in [0, 0.05) is 19.7 Å². The van der Waals surface area contributed by atoms with Crippen molar-refractivity contribution >= 4 is 17.7 Å². The molecule has 0 aliphatic carbocycles. The minimum atomic E-state index is -6.50. The predicted molar refractivity (Wildman–Crippen MR) is 92.1 cm³/mol. The van der Waals surface area contributed by atoms with Crippen LogP contribution in [0.15, 0.2) is 12.1 Å². The van der Waals surface area contributed by atoms with Crippen molar-refractivity contribution < 1.29 is 58.6 Å². The van der Waals surface area contributed by atoms with Crippen molar-refractivity contribution in [2.75, 3.05) is 11.9 Å². The molecular formula is C17H12F10N4O3. The molecule has 188 valence electrons. The first kappa shape index (κ1) is 26.7. The van der Waals surface area contributed by atoms with E-state index in [9.17, 15) is 53.5 Å². The van der Waals surface area contributed by atoms with Crippen LogP contribution in [-0.4, -0.2) is 40.1 Å². The van der Waals surface area contributed by atoms with E-state index >= 15 is 0 Å². The van der Waals surface area contributed by atoms with Crippen molar-refractivity contribution in [1.29, 1.82) is 0 Å². The summed E-state index contributed by atoms with van der Waals surface area (Å²) in [4.78, 5) is 23.3. The van der Waals surface area contributed by atoms with Crippen molar-refractivity contribution in [2.24, 2.45) is 7.05 Å². The van der Waals surface area contributed by atoms with Crippen molar-refractivity contribution in [3.63, 3.8) is 0 Å². The maximum atomic E-state index is 14.7. The standard InChI is InChI=1S/C17H12F10N4O3/c1-30(8-4-3-7(18)6(10(8)19)5-28-14(33)34)13(32)11-9(16(22,23)24)12(29-31(11)2)15(20,21)17(25,26)27/h3-4,28H,5H2,1-2H3,(H,33,34). The van der Waals surface area contributed by atoms with Crippen LogP contribution in [0.3, 0.4) is 0 Å². The van der Waals surface area contributed by atoms with E-state index in [0.717, 1.165) is 0 Å². The van der Waals surface area contributed by atoms with Gasteiger partial charge in [-0.15, -0.1) is 0 Å².